The van der Waals surface area contributed by atoms with E-state index in [1.54, 1.807) is 6.92 Å². The Morgan fingerprint density at radius 3 is 2.73 bits per heavy atom. The number of hydrogen-bond donors (Lipinski definition) is 2. The van der Waals surface area contributed by atoms with Gasteiger partial charge < -0.3 is 11.5 Å². The van der Waals surface area contributed by atoms with Crippen LogP contribution >= 0.6 is 0 Å². The zero-order chi connectivity index (χ0) is 8.43. The number of pyridine rings is 1. The van der Waals surface area contributed by atoms with Gasteiger partial charge in [0.2, 0.25) is 5.95 Å². The summed E-state index contributed by atoms with van der Waals surface area (Å²) in [6, 6.07) is 1.12. The predicted molar refractivity (Wildman–Crippen MR) is 41.2 cm³/mol. The van der Waals surface area contributed by atoms with Gasteiger partial charge in [0.25, 0.3) is 0 Å². The topological polar surface area (TPSA) is 64.9 Å². The molecule has 11 heavy (non-hydrogen) atoms. The molecule has 0 aliphatic rings. The van der Waals surface area contributed by atoms with Gasteiger partial charge in [0.15, 0.2) is 0 Å². The Balaban J connectivity index is 3.13. The van der Waals surface area contributed by atoms with E-state index in [1.165, 1.54) is 12.3 Å². The summed E-state index contributed by atoms with van der Waals surface area (Å²) >= 11 is 0. The molecule has 60 valence electrons. The van der Waals surface area contributed by atoms with E-state index in [0.29, 0.717) is 11.3 Å². The van der Waals surface area contributed by atoms with Gasteiger partial charge in [0.05, 0.1) is 11.9 Å². The van der Waals surface area contributed by atoms with Crippen molar-refractivity contribution >= 4 is 5.69 Å². The lowest BCUT2D eigenvalue weighted by molar-refractivity contribution is 0.554. The lowest BCUT2D eigenvalue weighted by Gasteiger charge is -2.05. The van der Waals surface area contributed by atoms with E-state index in [2.05, 4.69) is 4.98 Å². The van der Waals surface area contributed by atoms with Gasteiger partial charge >= 0.3 is 0 Å². The van der Waals surface area contributed by atoms with Gasteiger partial charge in [-0.2, -0.15) is 4.39 Å². The van der Waals surface area contributed by atoms with Crippen LogP contribution in [0.3, 0.4) is 0 Å². The molecule has 0 amide bonds. The number of aromatic nitrogens is 1. The second-order valence-electron chi connectivity index (χ2n) is 2.44. The van der Waals surface area contributed by atoms with Crippen molar-refractivity contribution in [3.8, 4) is 0 Å². The Hall–Kier alpha value is -1.16. The number of rotatable bonds is 1. The van der Waals surface area contributed by atoms with Crippen LogP contribution in [0.5, 0.6) is 0 Å². The molecule has 0 fully saturated rings. The first kappa shape index (κ1) is 7.94. The molecule has 3 nitrogen and oxygen atoms in total. The number of nitrogen functional groups attached to an aromatic ring is 1. The Bertz CT molecular complexity index is 260. The van der Waals surface area contributed by atoms with Crippen LogP contribution in [-0.2, 0) is 0 Å². The van der Waals surface area contributed by atoms with Gasteiger partial charge in [-0.3, -0.25) is 0 Å². The van der Waals surface area contributed by atoms with Gasteiger partial charge in [0, 0.05) is 11.6 Å². The van der Waals surface area contributed by atoms with Crippen molar-refractivity contribution < 1.29 is 4.39 Å². The number of nitrogens with zero attached hydrogens (tertiary/aromatic N) is 1. The molecule has 1 atom stereocenters. The number of halogens is 1. The van der Waals surface area contributed by atoms with Crippen LogP contribution in [0.15, 0.2) is 12.3 Å². The third kappa shape index (κ3) is 1.65. The molecule has 0 aliphatic heterocycles. The van der Waals surface area contributed by atoms with Crippen molar-refractivity contribution in [2.24, 2.45) is 5.73 Å². The average molecular weight is 155 g/mol. The molecule has 0 saturated carbocycles. The average Bonchev–Trinajstić information content (AvgIpc) is 1.94. The maximum Gasteiger partial charge on any atom is 0.217 e. The lowest BCUT2D eigenvalue weighted by atomic mass is 10.1. The Labute approximate surface area is 64.2 Å². The van der Waals surface area contributed by atoms with Crippen LogP contribution in [0.1, 0.15) is 18.5 Å². The largest absolute Gasteiger partial charge is 0.397 e. The fraction of sp³-hybridized carbons (Fsp3) is 0.286. The van der Waals surface area contributed by atoms with Gasteiger partial charge in [-0.25, -0.2) is 4.98 Å². The maximum absolute atomic E-state index is 12.8. The highest BCUT2D eigenvalue weighted by Gasteiger charge is 2.07. The molecule has 0 radical (unpaired) electrons. The van der Waals surface area contributed by atoms with Crippen LogP contribution in [0.4, 0.5) is 10.1 Å². The molecule has 0 spiro atoms. The second-order valence-corrected chi connectivity index (χ2v) is 2.44. The highest BCUT2D eigenvalue weighted by atomic mass is 19.1. The van der Waals surface area contributed by atoms with E-state index in [9.17, 15) is 4.39 Å². The fourth-order valence-electron chi connectivity index (χ4n) is 0.801. The van der Waals surface area contributed by atoms with Crippen molar-refractivity contribution in [1.82, 2.24) is 4.98 Å². The summed E-state index contributed by atoms with van der Waals surface area (Å²) < 4.78 is 12.8. The first-order valence-electron chi connectivity index (χ1n) is 3.27. The first-order valence-corrected chi connectivity index (χ1v) is 3.27. The minimum absolute atomic E-state index is 0.352. The number of hydrogen-bond acceptors (Lipinski definition) is 3. The van der Waals surface area contributed by atoms with Gasteiger partial charge in [0.1, 0.15) is 0 Å². The van der Waals surface area contributed by atoms with Crippen molar-refractivity contribution in [3.05, 3.63) is 23.8 Å². The predicted octanol–water partition coefficient (Wildman–Crippen LogP) is 0.823. The summed E-state index contributed by atoms with van der Waals surface area (Å²) in [5.41, 5.74) is 11.6. The molecular formula is C7H10FN3. The van der Waals surface area contributed by atoms with E-state index in [0.717, 1.165) is 0 Å². The highest BCUT2D eigenvalue weighted by molar-refractivity contribution is 5.38. The first-order chi connectivity index (χ1) is 5.11. The molecule has 1 heterocycles. The number of anilines is 1. The molecule has 0 aromatic carbocycles. The summed E-state index contributed by atoms with van der Waals surface area (Å²) in [7, 11) is 0. The van der Waals surface area contributed by atoms with Crippen LogP contribution < -0.4 is 11.5 Å². The van der Waals surface area contributed by atoms with Gasteiger partial charge in [-0.1, -0.05) is 0 Å². The zero-order valence-corrected chi connectivity index (χ0v) is 6.21. The van der Waals surface area contributed by atoms with Crippen LogP contribution in [0, 0.1) is 5.95 Å². The third-order valence-electron chi connectivity index (χ3n) is 1.38. The highest BCUT2D eigenvalue weighted by Crippen LogP contribution is 2.14. The van der Waals surface area contributed by atoms with Crippen molar-refractivity contribution in [3.63, 3.8) is 0 Å². The summed E-state index contributed by atoms with van der Waals surface area (Å²) in [4.78, 5) is 3.43. The molecule has 4 heteroatoms. The van der Waals surface area contributed by atoms with Crippen molar-refractivity contribution in [2.75, 3.05) is 5.73 Å². The standard InChI is InChI=1S/C7H10FN3/c1-4(9)6-2-5(10)3-11-7(6)8/h2-4H,9-10H2,1H3. The second kappa shape index (κ2) is 2.84. The maximum atomic E-state index is 12.8. The van der Waals surface area contributed by atoms with Gasteiger partial charge in [-0.15, -0.1) is 0 Å². The molecule has 0 bridgehead atoms. The molecule has 1 rings (SSSR count). The van der Waals surface area contributed by atoms with Crippen LogP contribution in [0.25, 0.3) is 0 Å². The molecule has 1 aromatic heterocycles. The Kier molecular flexibility index (Phi) is 2.05. The van der Waals surface area contributed by atoms with Gasteiger partial charge in [-0.05, 0) is 13.0 Å². The van der Waals surface area contributed by atoms with Crippen molar-refractivity contribution in [1.29, 1.82) is 0 Å². The zero-order valence-electron chi connectivity index (χ0n) is 6.21. The van der Waals surface area contributed by atoms with Crippen LogP contribution in [-0.4, -0.2) is 4.98 Å². The SMILES string of the molecule is CC(N)c1cc(N)cnc1F. The quantitative estimate of drug-likeness (QED) is 0.590. The fourth-order valence-corrected chi connectivity index (χ4v) is 0.801. The third-order valence-corrected chi connectivity index (χ3v) is 1.38. The van der Waals surface area contributed by atoms with E-state index in [1.807, 2.05) is 0 Å². The lowest BCUT2D eigenvalue weighted by Crippen LogP contribution is -2.09. The normalized spacial score (nSPS) is 13.0. The van der Waals surface area contributed by atoms with E-state index >= 15 is 0 Å². The van der Waals surface area contributed by atoms with Crippen molar-refractivity contribution in [2.45, 2.75) is 13.0 Å². The molecule has 4 N–H and O–H groups in total. The van der Waals surface area contributed by atoms with E-state index < -0.39 is 5.95 Å². The smallest absolute Gasteiger partial charge is 0.217 e. The molecular weight excluding hydrogens is 145 g/mol. The molecule has 1 unspecified atom stereocenters. The minimum atomic E-state index is -0.547. The van der Waals surface area contributed by atoms with E-state index in [-0.39, 0.29) is 6.04 Å². The Morgan fingerprint density at radius 1 is 1.64 bits per heavy atom. The molecule has 1 aromatic rings. The minimum Gasteiger partial charge on any atom is -0.397 e. The monoisotopic (exact) mass is 155 g/mol. The summed E-state index contributed by atoms with van der Waals surface area (Å²) in [5, 5.41) is 0. The van der Waals surface area contributed by atoms with E-state index in [4.69, 9.17) is 11.5 Å². The number of nitrogens with two attached hydrogens (primary N) is 2. The summed E-state index contributed by atoms with van der Waals surface area (Å²) in [6.07, 6.45) is 1.27. The Morgan fingerprint density at radius 2 is 2.27 bits per heavy atom. The molecule has 0 aliphatic carbocycles. The summed E-state index contributed by atoms with van der Waals surface area (Å²) in [5.74, 6) is -0.547. The molecule has 0 saturated heterocycles. The van der Waals surface area contributed by atoms with Crippen LogP contribution in [0.2, 0.25) is 0 Å². The summed E-state index contributed by atoms with van der Waals surface area (Å²) in [6.45, 7) is 1.68.